The van der Waals surface area contributed by atoms with Gasteiger partial charge >= 0.3 is 0 Å². The Hall–Kier alpha value is -1.70. The van der Waals surface area contributed by atoms with Gasteiger partial charge in [0.25, 0.3) is 0 Å². The van der Waals surface area contributed by atoms with Crippen LogP contribution in [0.5, 0.6) is 5.75 Å². The van der Waals surface area contributed by atoms with E-state index in [0.29, 0.717) is 6.04 Å². The number of rotatable bonds is 3. The summed E-state index contributed by atoms with van der Waals surface area (Å²) in [5, 5.41) is 0. The summed E-state index contributed by atoms with van der Waals surface area (Å²) in [4.78, 5) is 0. The van der Waals surface area contributed by atoms with Gasteiger partial charge in [-0.2, -0.15) is 0 Å². The Morgan fingerprint density at radius 1 is 1.12 bits per heavy atom. The monoisotopic (exact) mass is 227 g/mol. The van der Waals surface area contributed by atoms with Crippen LogP contribution in [0.2, 0.25) is 0 Å². The lowest BCUT2D eigenvalue weighted by molar-refractivity contribution is 0.416. The summed E-state index contributed by atoms with van der Waals surface area (Å²) >= 11 is 0. The van der Waals surface area contributed by atoms with Crippen LogP contribution in [0.15, 0.2) is 36.4 Å². The number of aromatic nitrogens is 1. The summed E-state index contributed by atoms with van der Waals surface area (Å²) in [7, 11) is 1.73. The number of nitrogens with zero attached hydrogens (tertiary/aromatic N) is 1. The Morgan fingerprint density at radius 2 is 1.88 bits per heavy atom. The zero-order valence-electron chi connectivity index (χ0n) is 10.3. The molecule has 0 aliphatic heterocycles. The lowest BCUT2D eigenvalue weighted by Crippen LogP contribution is -1.99. The van der Waals surface area contributed by atoms with E-state index in [9.17, 15) is 0 Å². The fraction of sp³-hybridized carbons (Fsp3) is 0.333. The molecule has 1 saturated carbocycles. The van der Waals surface area contributed by atoms with Gasteiger partial charge in [-0.05, 0) is 44.0 Å². The van der Waals surface area contributed by atoms with Crippen LogP contribution >= 0.6 is 0 Å². The van der Waals surface area contributed by atoms with Crippen LogP contribution in [0, 0.1) is 6.92 Å². The molecule has 0 unspecified atom stereocenters. The Bertz CT molecular complexity index is 538. The number of methoxy groups -OCH3 is 1. The molecule has 1 aromatic carbocycles. The number of ether oxygens (including phenoxy) is 1. The first-order valence-corrected chi connectivity index (χ1v) is 6.12. The highest BCUT2D eigenvalue weighted by Gasteiger charge is 2.27. The van der Waals surface area contributed by atoms with E-state index < -0.39 is 0 Å². The van der Waals surface area contributed by atoms with E-state index in [2.05, 4.69) is 35.8 Å². The van der Waals surface area contributed by atoms with E-state index >= 15 is 0 Å². The van der Waals surface area contributed by atoms with Gasteiger partial charge in [-0.3, -0.25) is 0 Å². The normalized spacial score (nSPS) is 14.9. The second kappa shape index (κ2) is 3.95. The summed E-state index contributed by atoms with van der Waals surface area (Å²) in [6.07, 6.45) is 2.61. The first-order valence-electron chi connectivity index (χ1n) is 6.12. The minimum Gasteiger partial charge on any atom is -0.496 e. The number of hydrogen-bond donors (Lipinski definition) is 0. The zero-order chi connectivity index (χ0) is 11.8. The van der Waals surface area contributed by atoms with E-state index in [-0.39, 0.29) is 0 Å². The van der Waals surface area contributed by atoms with Gasteiger partial charge in [0.2, 0.25) is 0 Å². The van der Waals surface area contributed by atoms with E-state index in [1.807, 2.05) is 12.1 Å². The van der Waals surface area contributed by atoms with Crippen molar-refractivity contribution in [3.63, 3.8) is 0 Å². The summed E-state index contributed by atoms with van der Waals surface area (Å²) in [6.45, 7) is 2.18. The molecule has 1 fully saturated rings. The maximum absolute atomic E-state index is 5.45. The van der Waals surface area contributed by atoms with Crippen molar-refractivity contribution in [2.45, 2.75) is 25.8 Å². The summed E-state index contributed by atoms with van der Waals surface area (Å²) in [5.41, 5.74) is 3.81. The molecule has 1 aliphatic rings. The first-order chi connectivity index (χ1) is 8.31. The molecular weight excluding hydrogens is 210 g/mol. The van der Waals surface area contributed by atoms with Crippen molar-refractivity contribution < 1.29 is 4.74 Å². The third-order valence-electron chi connectivity index (χ3n) is 3.42. The van der Waals surface area contributed by atoms with Gasteiger partial charge in [0.1, 0.15) is 5.75 Å². The van der Waals surface area contributed by atoms with Crippen LogP contribution < -0.4 is 4.74 Å². The quantitative estimate of drug-likeness (QED) is 0.777. The molecule has 0 atom stereocenters. The molecule has 2 aromatic rings. The molecule has 0 N–H and O–H groups in total. The van der Waals surface area contributed by atoms with Crippen molar-refractivity contribution in [2.75, 3.05) is 7.11 Å². The van der Waals surface area contributed by atoms with E-state index in [4.69, 9.17) is 4.74 Å². The third kappa shape index (κ3) is 1.74. The summed E-state index contributed by atoms with van der Waals surface area (Å²) in [6, 6.07) is 13.3. The zero-order valence-corrected chi connectivity index (χ0v) is 10.3. The standard InChI is InChI=1S/C15H17NO/c1-11-7-10-14(16(11)12-8-9-12)13-5-3-4-6-15(13)17-2/h3-7,10,12H,8-9H2,1-2H3. The molecule has 2 nitrogen and oxygen atoms in total. The number of hydrogen-bond acceptors (Lipinski definition) is 1. The number of benzene rings is 1. The third-order valence-corrected chi connectivity index (χ3v) is 3.42. The van der Waals surface area contributed by atoms with Gasteiger partial charge in [0, 0.05) is 17.3 Å². The topological polar surface area (TPSA) is 14.2 Å². The Balaban J connectivity index is 2.14. The highest BCUT2D eigenvalue weighted by Crippen LogP contribution is 2.41. The van der Waals surface area contributed by atoms with Crippen molar-refractivity contribution in [1.82, 2.24) is 4.57 Å². The molecule has 17 heavy (non-hydrogen) atoms. The minimum absolute atomic E-state index is 0.699. The van der Waals surface area contributed by atoms with Gasteiger partial charge in [-0.15, -0.1) is 0 Å². The summed E-state index contributed by atoms with van der Waals surface area (Å²) in [5.74, 6) is 0.951. The largest absolute Gasteiger partial charge is 0.496 e. The molecule has 0 bridgehead atoms. The second-order valence-electron chi connectivity index (χ2n) is 4.66. The predicted octanol–water partition coefficient (Wildman–Crippen LogP) is 3.81. The van der Waals surface area contributed by atoms with Gasteiger partial charge in [-0.25, -0.2) is 0 Å². The lowest BCUT2D eigenvalue weighted by atomic mass is 10.1. The second-order valence-corrected chi connectivity index (χ2v) is 4.66. The Kier molecular flexibility index (Phi) is 2.43. The van der Waals surface area contributed by atoms with Gasteiger partial charge in [0.05, 0.1) is 12.8 Å². The van der Waals surface area contributed by atoms with Crippen LogP contribution in [-0.2, 0) is 0 Å². The van der Waals surface area contributed by atoms with Crippen LogP contribution in [0.3, 0.4) is 0 Å². The van der Waals surface area contributed by atoms with Crippen LogP contribution in [-0.4, -0.2) is 11.7 Å². The SMILES string of the molecule is COc1ccccc1-c1ccc(C)n1C1CC1. The van der Waals surface area contributed by atoms with Crippen molar-refractivity contribution in [3.05, 3.63) is 42.1 Å². The summed E-state index contributed by atoms with van der Waals surface area (Å²) < 4.78 is 7.89. The molecule has 3 rings (SSSR count). The number of para-hydroxylation sites is 1. The molecule has 0 radical (unpaired) electrons. The molecule has 2 heteroatoms. The highest BCUT2D eigenvalue weighted by molar-refractivity contribution is 5.68. The molecule has 1 aliphatic carbocycles. The van der Waals surface area contributed by atoms with E-state index in [1.165, 1.54) is 29.8 Å². The van der Waals surface area contributed by atoms with Crippen molar-refractivity contribution >= 4 is 0 Å². The molecule has 0 spiro atoms. The van der Waals surface area contributed by atoms with Gasteiger partial charge in [-0.1, -0.05) is 12.1 Å². The fourth-order valence-electron chi connectivity index (χ4n) is 2.44. The lowest BCUT2D eigenvalue weighted by Gasteiger charge is -2.13. The Morgan fingerprint density at radius 3 is 2.59 bits per heavy atom. The van der Waals surface area contributed by atoms with Crippen LogP contribution in [0.25, 0.3) is 11.3 Å². The average Bonchev–Trinajstić information content (AvgIpc) is 3.12. The molecular formula is C15H17NO. The van der Waals surface area contributed by atoms with Crippen molar-refractivity contribution in [3.8, 4) is 17.0 Å². The molecule has 88 valence electrons. The molecule has 0 amide bonds. The van der Waals surface area contributed by atoms with Gasteiger partial charge in [0.15, 0.2) is 0 Å². The van der Waals surface area contributed by atoms with Crippen molar-refractivity contribution in [1.29, 1.82) is 0 Å². The van der Waals surface area contributed by atoms with Crippen molar-refractivity contribution in [2.24, 2.45) is 0 Å². The van der Waals surface area contributed by atoms with Crippen LogP contribution in [0.4, 0.5) is 0 Å². The minimum atomic E-state index is 0.699. The molecule has 1 aromatic heterocycles. The maximum Gasteiger partial charge on any atom is 0.128 e. The molecule has 0 saturated heterocycles. The van der Waals surface area contributed by atoms with E-state index in [1.54, 1.807) is 7.11 Å². The smallest absolute Gasteiger partial charge is 0.128 e. The average molecular weight is 227 g/mol. The molecule has 1 heterocycles. The predicted molar refractivity (Wildman–Crippen MR) is 69.4 cm³/mol. The Labute approximate surface area is 102 Å². The first kappa shape index (κ1) is 10.5. The highest BCUT2D eigenvalue weighted by atomic mass is 16.5. The maximum atomic E-state index is 5.45. The van der Waals surface area contributed by atoms with E-state index in [0.717, 1.165) is 5.75 Å². The number of aryl methyl sites for hydroxylation is 1. The fourth-order valence-corrected chi connectivity index (χ4v) is 2.44. The van der Waals surface area contributed by atoms with Gasteiger partial charge < -0.3 is 9.30 Å². The van der Waals surface area contributed by atoms with Crippen LogP contribution in [0.1, 0.15) is 24.6 Å².